The average Bonchev–Trinajstić information content (AvgIpc) is 2.86. The number of ketones is 1. The second kappa shape index (κ2) is 6.52. The summed E-state index contributed by atoms with van der Waals surface area (Å²) in [4.78, 5) is 29.5. The average molecular weight is 343 g/mol. The lowest BCUT2D eigenvalue weighted by Crippen LogP contribution is -2.13. The van der Waals surface area contributed by atoms with Gasteiger partial charge in [-0.1, -0.05) is 6.07 Å². The van der Waals surface area contributed by atoms with E-state index in [-0.39, 0.29) is 11.7 Å². The van der Waals surface area contributed by atoms with Crippen molar-refractivity contribution in [1.29, 1.82) is 5.26 Å². The molecule has 1 amide bonds. The monoisotopic (exact) mass is 343 g/mol. The summed E-state index contributed by atoms with van der Waals surface area (Å²) in [5.41, 5.74) is 1.84. The van der Waals surface area contributed by atoms with Crippen molar-refractivity contribution in [2.24, 2.45) is 0 Å². The van der Waals surface area contributed by atoms with Gasteiger partial charge in [0.25, 0.3) is 0 Å². The number of nitriles is 1. The van der Waals surface area contributed by atoms with Crippen LogP contribution in [0.4, 0.5) is 5.69 Å². The van der Waals surface area contributed by atoms with Crippen molar-refractivity contribution in [2.75, 3.05) is 11.1 Å². The molecule has 1 N–H and O–H groups in total. The van der Waals surface area contributed by atoms with Crippen LogP contribution in [0.25, 0.3) is 0 Å². The van der Waals surface area contributed by atoms with Gasteiger partial charge in [-0.05, 0) is 19.1 Å². The van der Waals surface area contributed by atoms with E-state index in [1.54, 1.807) is 23.9 Å². The van der Waals surface area contributed by atoms with Crippen LogP contribution in [0.2, 0.25) is 0 Å². The van der Waals surface area contributed by atoms with Gasteiger partial charge in [0.05, 0.1) is 11.8 Å². The topological polar surface area (TPSA) is 82.9 Å². The van der Waals surface area contributed by atoms with Crippen LogP contribution >= 0.6 is 23.1 Å². The minimum Gasteiger partial charge on any atom is -0.325 e. The molecule has 0 aliphatic carbocycles. The number of anilines is 1. The summed E-state index contributed by atoms with van der Waals surface area (Å²) in [6.07, 6.45) is 0.446. The molecule has 2 aromatic rings. The molecule has 0 radical (unpaired) electrons. The van der Waals surface area contributed by atoms with Gasteiger partial charge in [0, 0.05) is 33.7 Å². The molecule has 0 spiro atoms. The number of thiazole rings is 1. The molecule has 23 heavy (non-hydrogen) atoms. The van der Waals surface area contributed by atoms with E-state index in [9.17, 15) is 14.9 Å². The molecule has 1 aromatic carbocycles. The van der Waals surface area contributed by atoms with Crippen LogP contribution in [0.15, 0.2) is 28.5 Å². The number of rotatable bonds is 3. The van der Waals surface area contributed by atoms with Crippen molar-refractivity contribution in [3.63, 3.8) is 0 Å². The minimum absolute atomic E-state index is 0.0618. The van der Waals surface area contributed by atoms with Gasteiger partial charge in [-0.15, -0.1) is 23.1 Å². The van der Waals surface area contributed by atoms with Crippen molar-refractivity contribution in [3.05, 3.63) is 39.8 Å². The number of aryl methyl sites for hydroxylation is 1. The third kappa shape index (κ3) is 3.28. The number of nitrogens with one attached hydrogen (secondary N) is 1. The van der Waals surface area contributed by atoms with Gasteiger partial charge in [-0.3, -0.25) is 9.59 Å². The van der Waals surface area contributed by atoms with Crippen molar-refractivity contribution in [2.45, 2.75) is 24.2 Å². The van der Waals surface area contributed by atoms with Gasteiger partial charge in [-0.2, -0.15) is 5.26 Å². The summed E-state index contributed by atoms with van der Waals surface area (Å²) in [5, 5.41) is 14.5. The summed E-state index contributed by atoms with van der Waals surface area (Å²) in [6, 6.07) is 7.21. The maximum atomic E-state index is 12.7. The molecule has 1 aliphatic rings. The fourth-order valence-corrected chi connectivity index (χ4v) is 4.04. The molecule has 0 saturated heterocycles. The predicted molar refractivity (Wildman–Crippen MR) is 89.9 cm³/mol. The lowest BCUT2D eigenvalue weighted by Gasteiger charge is -2.10. The summed E-state index contributed by atoms with van der Waals surface area (Å²) in [7, 11) is 0. The zero-order valence-electron chi connectivity index (χ0n) is 12.3. The highest BCUT2D eigenvalue weighted by Gasteiger charge is 2.26. The second-order valence-electron chi connectivity index (χ2n) is 5.11. The summed E-state index contributed by atoms with van der Waals surface area (Å²) in [6.45, 7) is 1.83. The molecule has 0 unspecified atom stereocenters. The number of thioether (sulfide) groups is 1. The van der Waals surface area contributed by atoms with Crippen LogP contribution in [0.1, 0.15) is 33.4 Å². The molecule has 0 fully saturated rings. The number of carbonyl (C=O) groups excluding carboxylic acids is 2. The first-order chi connectivity index (χ1) is 11.1. The fraction of sp³-hybridized carbons (Fsp3) is 0.250. The van der Waals surface area contributed by atoms with E-state index < -0.39 is 5.92 Å². The number of Topliss-reactive ketones (excluding diaryl/α,β-unsaturated/α-hetero) is 1. The van der Waals surface area contributed by atoms with Crippen LogP contribution in [-0.4, -0.2) is 22.4 Å². The van der Waals surface area contributed by atoms with Crippen LogP contribution in [-0.2, 0) is 4.79 Å². The van der Waals surface area contributed by atoms with Crippen LogP contribution in [0.3, 0.4) is 0 Å². The Kier molecular flexibility index (Phi) is 4.46. The number of carbonyl (C=O) groups is 2. The zero-order chi connectivity index (χ0) is 16.4. The predicted octanol–water partition coefficient (Wildman–Crippen LogP) is 3.38. The SMILES string of the molecule is Cc1csc([C@H](C#N)C(=O)c2ccc3c(c2)NC(=O)CCS3)n1. The highest BCUT2D eigenvalue weighted by molar-refractivity contribution is 7.99. The van der Waals surface area contributed by atoms with E-state index in [4.69, 9.17) is 0 Å². The Morgan fingerprint density at radius 3 is 3.00 bits per heavy atom. The third-order valence-corrected chi connectivity index (χ3v) is 5.50. The number of amides is 1. The van der Waals surface area contributed by atoms with E-state index in [0.29, 0.717) is 28.4 Å². The van der Waals surface area contributed by atoms with Gasteiger partial charge in [0.1, 0.15) is 5.01 Å². The fourth-order valence-electron chi connectivity index (χ4n) is 2.27. The number of fused-ring (bicyclic) bond motifs is 1. The number of hydrogen-bond acceptors (Lipinski definition) is 6. The number of aromatic nitrogens is 1. The molecule has 1 aliphatic heterocycles. The third-order valence-electron chi connectivity index (χ3n) is 3.40. The maximum Gasteiger partial charge on any atom is 0.225 e. The standard InChI is InChI=1S/C16H13N3O2S2/c1-9-8-23-16(18-9)11(7-17)15(21)10-2-3-13-12(6-10)19-14(20)4-5-22-13/h2-3,6,8,11H,4-5H2,1H3,(H,19,20)/t11-/m1/s1. The molecule has 5 nitrogen and oxygen atoms in total. The first kappa shape index (κ1) is 15.7. The molecule has 0 saturated carbocycles. The summed E-state index contributed by atoms with van der Waals surface area (Å²) >= 11 is 2.89. The number of nitrogens with zero attached hydrogens (tertiary/aromatic N) is 2. The van der Waals surface area contributed by atoms with E-state index in [1.165, 1.54) is 11.3 Å². The quantitative estimate of drug-likeness (QED) is 0.864. The molecule has 3 rings (SSSR count). The van der Waals surface area contributed by atoms with Crippen LogP contribution in [0, 0.1) is 18.3 Å². The van der Waals surface area contributed by atoms with E-state index in [2.05, 4.69) is 10.3 Å². The molecule has 116 valence electrons. The molecular formula is C16H13N3O2S2. The van der Waals surface area contributed by atoms with Crippen molar-refractivity contribution in [1.82, 2.24) is 4.98 Å². The van der Waals surface area contributed by atoms with Gasteiger partial charge in [-0.25, -0.2) is 4.98 Å². The molecule has 1 aromatic heterocycles. The van der Waals surface area contributed by atoms with E-state index in [0.717, 1.165) is 10.6 Å². The number of hydrogen-bond donors (Lipinski definition) is 1. The maximum absolute atomic E-state index is 12.7. The first-order valence-corrected chi connectivity index (χ1v) is 8.87. The second-order valence-corrected chi connectivity index (χ2v) is 7.14. The largest absolute Gasteiger partial charge is 0.325 e. The normalized spacial score (nSPS) is 15.0. The van der Waals surface area contributed by atoms with Crippen molar-refractivity contribution >= 4 is 40.5 Å². The number of benzene rings is 1. The Labute approximate surface area is 141 Å². The lowest BCUT2D eigenvalue weighted by atomic mass is 9.99. The van der Waals surface area contributed by atoms with E-state index >= 15 is 0 Å². The van der Waals surface area contributed by atoms with Gasteiger partial charge >= 0.3 is 0 Å². The Hall–Kier alpha value is -2.17. The van der Waals surface area contributed by atoms with Crippen molar-refractivity contribution in [3.8, 4) is 6.07 Å². The minimum atomic E-state index is -0.916. The van der Waals surface area contributed by atoms with Gasteiger partial charge in [0.2, 0.25) is 5.91 Å². The Morgan fingerprint density at radius 2 is 2.30 bits per heavy atom. The molecular weight excluding hydrogens is 330 g/mol. The molecule has 1 atom stereocenters. The smallest absolute Gasteiger partial charge is 0.225 e. The summed E-state index contributed by atoms with van der Waals surface area (Å²) < 4.78 is 0. The Morgan fingerprint density at radius 1 is 1.48 bits per heavy atom. The highest BCUT2D eigenvalue weighted by atomic mass is 32.2. The van der Waals surface area contributed by atoms with Gasteiger partial charge < -0.3 is 5.32 Å². The first-order valence-electron chi connectivity index (χ1n) is 7.01. The van der Waals surface area contributed by atoms with Crippen LogP contribution in [0.5, 0.6) is 0 Å². The highest BCUT2D eigenvalue weighted by Crippen LogP contribution is 2.33. The van der Waals surface area contributed by atoms with Gasteiger partial charge in [0.15, 0.2) is 11.7 Å². The van der Waals surface area contributed by atoms with E-state index in [1.807, 2.05) is 24.4 Å². The Bertz CT molecular complexity index is 823. The summed E-state index contributed by atoms with van der Waals surface area (Å²) in [5.74, 6) is -0.562. The van der Waals surface area contributed by atoms with Crippen LogP contribution < -0.4 is 5.32 Å². The Balaban J connectivity index is 1.93. The molecule has 2 heterocycles. The lowest BCUT2D eigenvalue weighted by molar-refractivity contribution is -0.115. The molecule has 7 heteroatoms. The molecule has 0 bridgehead atoms. The zero-order valence-corrected chi connectivity index (χ0v) is 14.0. The van der Waals surface area contributed by atoms with Crippen molar-refractivity contribution < 1.29 is 9.59 Å².